The van der Waals surface area contributed by atoms with Gasteiger partial charge in [0.05, 0.1) is 6.61 Å². The summed E-state index contributed by atoms with van der Waals surface area (Å²) < 4.78 is 10.8. The van der Waals surface area contributed by atoms with Gasteiger partial charge >= 0.3 is 5.97 Å². The normalized spacial score (nSPS) is 12.2. The molecule has 2 rings (SSSR count). The summed E-state index contributed by atoms with van der Waals surface area (Å²) in [5.74, 6) is 0.746. The van der Waals surface area contributed by atoms with E-state index in [1.807, 2.05) is 52.0 Å². The van der Waals surface area contributed by atoms with E-state index in [1.54, 1.807) is 5.38 Å². The molecule has 1 aromatic heterocycles. The van der Waals surface area contributed by atoms with Crippen molar-refractivity contribution in [3.8, 4) is 16.3 Å². The molecule has 0 amide bonds. The molecule has 1 atom stereocenters. The Bertz CT molecular complexity index is 619. The molecule has 4 nitrogen and oxygen atoms in total. The number of benzene rings is 1. The van der Waals surface area contributed by atoms with Gasteiger partial charge in [-0.05, 0) is 44.0 Å². The van der Waals surface area contributed by atoms with Gasteiger partial charge in [-0.25, -0.2) is 9.78 Å². The standard InChI is InChI=1S/C17H21NO3S/c1-5-20-14-8-6-13(7-9-14)16-18-15(10-22-16)17(19)21-12(4)11(2)3/h6-12H,5H2,1-4H3. The molecule has 0 aliphatic heterocycles. The third-order valence-corrected chi connectivity index (χ3v) is 4.25. The van der Waals surface area contributed by atoms with E-state index in [9.17, 15) is 4.79 Å². The van der Waals surface area contributed by atoms with Crippen LogP contribution in [-0.4, -0.2) is 23.7 Å². The Hall–Kier alpha value is -1.88. The molecular formula is C17H21NO3S. The van der Waals surface area contributed by atoms with E-state index in [1.165, 1.54) is 11.3 Å². The van der Waals surface area contributed by atoms with Gasteiger partial charge in [-0.1, -0.05) is 13.8 Å². The highest BCUT2D eigenvalue weighted by atomic mass is 32.1. The minimum absolute atomic E-state index is 0.122. The molecule has 0 fully saturated rings. The van der Waals surface area contributed by atoms with Crippen molar-refractivity contribution in [2.45, 2.75) is 33.8 Å². The van der Waals surface area contributed by atoms with Crippen LogP contribution in [0.2, 0.25) is 0 Å². The Morgan fingerprint density at radius 3 is 2.50 bits per heavy atom. The van der Waals surface area contributed by atoms with Crippen molar-refractivity contribution in [1.82, 2.24) is 4.98 Å². The van der Waals surface area contributed by atoms with Crippen LogP contribution in [-0.2, 0) is 4.74 Å². The number of aromatic nitrogens is 1. The third-order valence-electron chi connectivity index (χ3n) is 3.36. The smallest absolute Gasteiger partial charge is 0.358 e. The molecular weight excluding hydrogens is 298 g/mol. The molecule has 1 aromatic carbocycles. The summed E-state index contributed by atoms with van der Waals surface area (Å²) in [6, 6.07) is 7.68. The fourth-order valence-corrected chi connectivity index (χ4v) is 2.52. The first-order valence-corrected chi connectivity index (χ1v) is 8.29. The summed E-state index contributed by atoms with van der Waals surface area (Å²) in [7, 11) is 0. The van der Waals surface area contributed by atoms with Crippen LogP contribution in [0.15, 0.2) is 29.6 Å². The molecule has 0 spiro atoms. The molecule has 1 unspecified atom stereocenters. The van der Waals surface area contributed by atoms with Gasteiger partial charge in [0.1, 0.15) is 16.9 Å². The molecule has 0 saturated carbocycles. The highest BCUT2D eigenvalue weighted by Crippen LogP contribution is 2.26. The number of rotatable bonds is 6. The Morgan fingerprint density at radius 2 is 1.91 bits per heavy atom. The predicted molar refractivity (Wildman–Crippen MR) is 88.4 cm³/mol. The van der Waals surface area contributed by atoms with Gasteiger partial charge in [-0.3, -0.25) is 0 Å². The zero-order chi connectivity index (χ0) is 16.1. The zero-order valence-electron chi connectivity index (χ0n) is 13.3. The number of carbonyl (C=O) groups is 1. The molecule has 0 saturated heterocycles. The van der Waals surface area contributed by atoms with Gasteiger partial charge in [0.25, 0.3) is 0 Å². The van der Waals surface area contributed by atoms with E-state index in [0.29, 0.717) is 12.3 Å². The predicted octanol–water partition coefficient (Wildman–Crippen LogP) is 4.41. The van der Waals surface area contributed by atoms with Gasteiger partial charge < -0.3 is 9.47 Å². The quantitative estimate of drug-likeness (QED) is 0.740. The van der Waals surface area contributed by atoms with E-state index in [2.05, 4.69) is 4.98 Å². The van der Waals surface area contributed by atoms with Gasteiger partial charge in [0.2, 0.25) is 0 Å². The first kappa shape index (κ1) is 16.5. The second kappa shape index (κ2) is 7.40. The van der Waals surface area contributed by atoms with E-state index in [-0.39, 0.29) is 18.0 Å². The first-order valence-electron chi connectivity index (χ1n) is 7.41. The number of nitrogens with zero attached hydrogens (tertiary/aromatic N) is 1. The molecule has 5 heteroatoms. The van der Waals surface area contributed by atoms with Crippen molar-refractivity contribution in [1.29, 1.82) is 0 Å². The summed E-state index contributed by atoms with van der Waals surface area (Å²) in [6.07, 6.45) is -0.122. The van der Waals surface area contributed by atoms with Crippen LogP contribution in [0, 0.1) is 5.92 Å². The monoisotopic (exact) mass is 319 g/mol. The van der Waals surface area contributed by atoms with Crippen molar-refractivity contribution in [3.63, 3.8) is 0 Å². The van der Waals surface area contributed by atoms with Gasteiger partial charge in [-0.15, -0.1) is 11.3 Å². The first-order chi connectivity index (χ1) is 10.5. The van der Waals surface area contributed by atoms with Gasteiger partial charge in [0, 0.05) is 10.9 Å². The fraction of sp³-hybridized carbons (Fsp3) is 0.412. The lowest BCUT2D eigenvalue weighted by Crippen LogP contribution is -2.20. The lowest BCUT2D eigenvalue weighted by atomic mass is 10.1. The second-order valence-electron chi connectivity index (χ2n) is 5.35. The molecule has 0 N–H and O–H groups in total. The van der Waals surface area contributed by atoms with Gasteiger partial charge in [-0.2, -0.15) is 0 Å². The average Bonchev–Trinajstić information content (AvgIpc) is 2.98. The molecule has 0 bridgehead atoms. The van der Waals surface area contributed by atoms with Crippen molar-refractivity contribution in [2.75, 3.05) is 6.61 Å². The molecule has 0 aliphatic carbocycles. The number of esters is 1. The van der Waals surface area contributed by atoms with Crippen LogP contribution in [0.5, 0.6) is 5.75 Å². The summed E-state index contributed by atoms with van der Waals surface area (Å²) >= 11 is 1.43. The molecule has 0 radical (unpaired) electrons. The van der Waals surface area contributed by atoms with Crippen molar-refractivity contribution < 1.29 is 14.3 Å². The van der Waals surface area contributed by atoms with E-state index < -0.39 is 0 Å². The number of thiazole rings is 1. The van der Waals surface area contributed by atoms with Crippen LogP contribution >= 0.6 is 11.3 Å². The van der Waals surface area contributed by atoms with Crippen molar-refractivity contribution in [3.05, 3.63) is 35.3 Å². The fourth-order valence-electron chi connectivity index (χ4n) is 1.73. The summed E-state index contributed by atoms with van der Waals surface area (Å²) in [4.78, 5) is 16.4. The lowest BCUT2D eigenvalue weighted by Gasteiger charge is -2.15. The van der Waals surface area contributed by atoms with Crippen LogP contribution in [0.4, 0.5) is 0 Å². The molecule has 22 heavy (non-hydrogen) atoms. The number of hydrogen-bond acceptors (Lipinski definition) is 5. The van der Waals surface area contributed by atoms with Gasteiger partial charge in [0.15, 0.2) is 5.69 Å². The minimum atomic E-state index is -0.366. The number of ether oxygens (including phenoxy) is 2. The highest BCUT2D eigenvalue weighted by Gasteiger charge is 2.18. The topological polar surface area (TPSA) is 48.4 Å². The number of carbonyl (C=O) groups excluding carboxylic acids is 1. The zero-order valence-corrected chi connectivity index (χ0v) is 14.1. The van der Waals surface area contributed by atoms with Crippen LogP contribution in [0.25, 0.3) is 10.6 Å². The third kappa shape index (κ3) is 4.07. The Kier molecular flexibility index (Phi) is 5.55. The Balaban J connectivity index is 2.09. The van der Waals surface area contributed by atoms with E-state index in [4.69, 9.17) is 9.47 Å². The van der Waals surface area contributed by atoms with E-state index >= 15 is 0 Å². The SMILES string of the molecule is CCOc1ccc(-c2nc(C(=O)OC(C)C(C)C)cs2)cc1. The molecule has 118 valence electrons. The largest absolute Gasteiger partial charge is 0.494 e. The van der Waals surface area contributed by atoms with E-state index in [0.717, 1.165) is 16.3 Å². The van der Waals surface area contributed by atoms with Crippen LogP contribution in [0.1, 0.15) is 38.2 Å². The van der Waals surface area contributed by atoms with Crippen LogP contribution < -0.4 is 4.74 Å². The molecule has 1 heterocycles. The van der Waals surface area contributed by atoms with Crippen molar-refractivity contribution >= 4 is 17.3 Å². The van der Waals surface area contributed by atoms with Crippen molar-refractivity contribution in [2.24, 2.45) is 5.92 Å². The molecule has 2 aromatic rings. The highest BCUT2D eigenvalue weighted by molar-refractivity contribution is 7.13. The summed E-state index contributed by atoms with van der Waals surface area (Å²) in [6.45, 7) is 8.52. The second-order valence-corrected chi connectivity index (χ2v) is 6.21. The lowest BCUT2D eigenvalue weighted by molar-refractivity contribution is 0.0232. The maximum absolute atomic E-state index is 12.0. The van der Waals surface area contributed by atoms with Crippen LogP contribution in [0.3, 0.4) is 0 Å². The molecule has 0 aliphatic rings. The Morgan fingerprint density at radius 1 is 1.23 bits per heavy atom. The maximum Gasteiger partial charge on any atom is 0.358 e. The number of hydrogen-bond donors (Lipinski definition) is 0. The summed E-state index contributed by atoms with van der Waals surface area (Å²) in [5.41, 5.74) is 1.32. The maximum atomic E-state index is 12.0. The Labute approximate surface area is 135 Å². The average molecular weight is 319 g/mol. The minimum Gasteiger partial charge on any atom is -0.494 e. The summed E-state index contributed by atoms with van der Waals surface area (Å²) in [5, 5.41) is 2.54.